The van der Waals surface area contributed by atoms with Crippen molar-refractivity contribution in [2.45, 2.75) is 5.03 Å². The van der Waals surface area contributed by atoms with E-state index in [1.807, 2.05) is 24.5 Å². The third kappa shape index (κ3) is 1.92. The highest BCUT2D eigenvalue weighted by atomic mass is 32.2. The predicted octanol–water partition coefficient (Wildman–Crippen LogP) is 3.53. The standard InChI is InChI=1S/C10H9NS2/c1-12-9-7-13-10(11-9)8-5-3-2-4-6-8/h2-7H,1H3. The molecule has 0 aliphatic carbocycles. The molecule has 0 aliphatic rings. The maximum atomic E-state index is 4.48. The summed E-state index contributed by atoms with van der Waals surface area (Å²) >= 11 is 3.38. The Labute approximate surface area is 85.8 Å². The van der Waals surface area contributed by atoms with E-state index in [-0.39, 0.29) is 0 Å². The summed E-state index contributed by atoms with van der Waals surface area (Å²) in [6, 6.07) is 10.3. The average molecular weight is 207 g/mol. The molecule has 0 spiro atoms. The van der Waals surface area contributed by atoms with E-state index < -0.39 is 0 Å². The Morgan fingerprint density at radius 3 is 2.62 bits per heavy atom. The molecule has 3 heteroatoms. The zero-order valence-electron chi connectivity index (χ0n) is 7.23. The lowest BCUT2D eigenvalue weighted by Crippen LogP contribution is -1.74. The Hall–Kier alpha value is -0.800. The molecule has 2 aromatic rings. The fraction of sp³-hybridized carbons (Fsp3) is 0.100. The van der Waals surface area contributed by atoms with Gasteiger partial charge in [0.2, 0.25) is 0 Å². The molecular weight excluding hydrogens is 198 g/mol. The van der Waals surface area contributed by atoms with Crippen molar-refractivity contribution >= 4 is 23.1 Å². The molecule has 0 unspecified atom stereocenters. The molecule has 0 atom stereocenters. The normalized spacial score (nSPS) is 10.2. The van der Waals surface area contributed by atoms with Gasteiger partial charge in [0, 0.05) is 10.9 Å². The molecule has 0 aliphatic heterocycles. The van der Waals surface area contributed by atoms with Crippen molar-refractivity contribution in [2.24, 2.45) is 0 Å². The van der Waals surface area contributed by atoms with Gasteiger partial charge < -0.3 is 0 Å². The quantitative estimate of drug-likeness (QED) is 0.699. The third-order valence-electron chi connectivity index (χ3n) is 1.71. The van der Waals surface area contributed by atoms with Gasteiger partial charge in [0.25, 0.3) is 0 Å². The summed E-state index contributed by atoms with van der Waals surface area (Å²) < 4.78 is 0. The van der Waals surface area contributed by atoms with E-state index in [2.05, 4.69) is 22.5 Å². The highest BCUT2D eigenvalue weighted by molar-refractivity contribution is 7.98. The molecule has 0 radical (unpaired) electrons. The first-order valence-electron chi connectivity index (χ1n) is 3.95. The molecular formula is C10H9NS2. The number of rotatable bonds is 2. The number of hydrogen-bond acceptors (Lipinski definition) is 3. The Kier molecular flexibility index (Phi) is 2.66. The van der Waals surface area contributed by atoms with Crippen LogP contribution in [0.5, 0.6) is 0 Å². The Balaban J connectivity index is 2.36. The lowest BCUT2D eigenvalue weighted by Gasteiger charge is -1.92. The van der Waals surface area contributed by atoms with E-state index in [9.17, 15) is 0 Å². The largest absolute Gasteiger partial charge is 0.230 e. The summed E-state index contributed by atoms with van der Waals surface area (Å²) in [5.41, 5.74) is 1.20. The summed E-state index contributed by atoms with van der Waals surface area (Å²) in [4.78, 5) is 4.48. The second kappa shape index (κ2) is 3.94. The van der Waals surface area contributed by atoms with Crippen molar-refractivity contribution in [1.82, 2.24) is 4.98 Å². The Morgan fingerprint density at radius 2 is 2.00 bits per heavy atom. The second-order valence-electron chi connectivity index (χ2n) is 2.56. The van der Waals surface area contributed by atoms with Crippen LogP contribution in [0.2, 0.25) is 0 Å². The van der Waals surface area contributed by atoms with Gasteiger partial charge in [-0.25, -0.2) is 4.98 Å². The summed E-state index contributed by atoms with van der Waals surface area (Å²) in [5, 5.41) is 4.29. The van der Waals surface area contributed by atoms with Gasteiger partial charge in [0.15, 0.2) is 0 Å². The number of benzene rings is 1. The van der Waals surface area contributed by atoms with Gasteiger partial charge in [-0.1, -0.05) is 30.3 Å². The molecule has 0 amide bonds. The van der Waals surface area contributed by atoms with E-state index in [0.717, 1.165) is 10.0 Å². The highest BCUT2D eigenvalue weighted by Crippen LogP contribution is 2.26. The fourth-order valence-corrected chi connectivity index (χ4v) is 2.52. The summed E-state index contributed by atoms with van der Waals surface area (Å²) in [6.07, 6.45) is 2.05. The van der Waals surface area contributed by atoms with Crippen LogP contribution in [-0.2, 0) is 0 Å². The molecule has 0 saturated heterocycles. The van der Waals surface area contributed by atoms with E-state index in [0.29, 0.717) is 0 Å². The van der Waals surface area contributed by atoms with Crippen LogP contribution in [0.3, 0.4) is 0 Å². The first-order valence-corrected chi connectivity index (χ1v) is 6.05. The zero-order valence-corrected chi connectivity index (χ0v) is 8.86. The van der Waals surface area contributed by atoms with Crippen LogP contribution in [0.1, 0.15) is 0 Å². The van der Waals surface area contributed by atoms with Gasteiger partial charge in [-0.05, 0) is 6.26 Å². The zero-order chi connectivity index (χ0) is 9.10. The van der Waals surface area contributed by atoms with Crippen molar-refractivity contribution in [3.8, 4) is 10.6 Å². The first-order chi connectivity index (χ1) is 6.40. The molecule has 13 heavy (non-hydrogen) atoms. The van der Waals surface area contributed by atoms with Gasteiger partial charge in [0.05, 0.1) is 0 Å². The van der Waals surface area contributed by atoms with Crippen LogP contribution in [0.4, 0.5) is 0 Å². The van der Waals surface area contributed by atoms with Gasteiger partial charge in [-0.15, -0.1) is 23.1 Å². The van der Waals surface area contributed by atoms with Crippen molar-refractivity contribution in [3.63, 3.8) is 0 Å². The number of nitrogens with zero attached hydrogens (tertiary/aromatic N) is 1. The summed E-state index contributed by atoms with van der Waals surface area (Å²) in [5.74, 6) is 0. The highest BCUT2D eigenvalue weighted by Gasteiger charge is 2.01. The van der Waals surface area contributed by atoms with Crippen molar-refractivity contribution in [1.29, 1.82) is 0 Å². The van der Waals surface area contributed by atoms with Crippen LogP contribution >= 0.6 is 23.1 Å². The van der Waals surface area contributed by atoms with E-state index in [4.69, 9.17) is 0 Å². The third-order valence-corrected chi connectivity index (χ3v) is 3.38. The number of thiazole rings is 1. The molecule has 1 aromatic heterocycles. The van der Waals surface area contributed by atoms with Crippen molar-refractivity contribution in [2.75, 3.05) is 6.26 Å². The lowest BCUT2D eigenvalue weighted by molar-refractivity contribution is 1.21. The maximum Gasteiger partial charge on any atom is 0.124 e. The monoisotopic (exact) mass is 207 g/mol. The van der Waals surface area contributed by atoms with Crippen LogP contribution in [0.25, 0.3) is 10.6 Å². The topological polar surface area (TPSA) is 12.9 Å². The maximum absolute atomic E-state index is 4.48. The van der Waals surface area contributed by atoms with E-state index in [1.54, 1.807) is 23.1 Å². The van der Waals surface area contributed by atoms with Crippen LogP contribution in [0.15, 0.2) is 40.7 Å². The Morgan fingerprint density at radius 1 is 1.23 bits per heavy atom. The average Bonchev–Trinajstić information content (AvgIpc) is 2.67. The van der Waals surface area contributed by atoms with E-state index >= 15 is 0 Å². The minimum absolute atomic E-state index is 1.10. The van der Waals surface area contributed by atoms with Gasteiger partial charge in [0.1, 0.15) is 10.0 Å². The number of thioether (sulfide) groups is 1. The second-order valence-corrected chi connectivity index (χ2v) is 4.25. The predicted molar refractivity (Wildman–Crippen MR) is 59.3 cm³/mol. The molecule has 0 saturated carbocycles. The summed E-state index contributed by atoms with van der Waals surface area (Å²) in [7, 11) is 0. The minimum atomic E-state index is 1.10. The van der Waals surface area contributed by atoms with Crippen LogP contribution in [0, 0.1) is 0 Å². The molecule has 1 aromatic carbocycles. The number of hydrogen-bond donors (Lipinski definition) is 0. The first kappa shape index (κ1) is 8.78. The van der Waals surface area contributed by atoms with Gasteiger partial charge in [-0.2, -0.15) is 0 Å². The van der Waals surface area contributed by atoms with Gasteiger partial charge in [-0.3, -0.25) is 0 Å². The van der Waals surface area contributed by atoms with Crippen molar-refractivity contribution in [3.05, 3.63) is 35.7 Å². The van der Waals surface area contributed by atoms with Crippen molar-refractivity contribution < 1.29 is 0 Å². The number of aromatic nitrogens is 1. The molecule has 66 valence electrons. The molecule has 0 N–H and O–H groups in total. The Bertz CT molecular complexity index is 381. The molecule has 1 nitrogen and oxygen atoms in total. The smallest absolute Gasteiger partial charge is 0.124 e. The minimum Gasteiger partial charge on any atom is -0.230 e. The van der Waals surface area contributed by atoms with Crippen LogP contribution < -0.4 is 0 Å². The van der Waals surface area contributed by atoms with Crippen LogP contribution in [-0.4, -0.2) is 11.2 Å². The fourth-order valence-electron chi connectivity index (χ4n) is 1.07. The molecule has 1 heterocycles. The SMILES string of the molecule is CSc1csc(-c2ccccc2)n1. The summed E-state index contributed by atoms with van der Waals surface area (Å²) in [6.45, 7) is 0. The molecule has 2 rings (SSSR count). The lowest BCUT2D eigenvalue weighted by atomic mass is 10.2. The van der Waals surface area contributed by atoms with Gasteiger partial charge >= 0.3 is 0 Å². The molecule has 0 fully saturated rings. The van der Waals surface area contributed by atoms with E-state index in [1.165, 1.54) is 5.56 Å². The molecule has 0 bridgehead atoms.